The summed E-state index contributed by atoms with van der Waals surface area (Å²) in [5.74, 6) is -5.88. The second-order valence-electron chi connectivity index (χ2n) is 7.83. The van der Waals surface area contributed by atoms with Crippen molar-refractivity contribution < 1.29 is 42.4 Å². The lowest BCUT2D eigenvalue weighted by molar-refractivity contribution is -0.152. The van der Waals surface area contributed by atoms with Crippen LogP contribution in [0.25, 0.3) is 0 Å². The number of aromatic nitrogens is 4. The predicted octanol–water partition coefficient (Wildman–Crippen LogP) is -0.889. The third kappa shape index (κ3) is 5.99. The van der Waals surface area contributed by atoms with E-state index in [1.165, 1.54) is 6.07 Å². The zero-order chi connectivity index (χ0) is 27.6. The zero-order valence-corrected chi connectivity index (χ0v) is 22.1. The first-order chi connectivity index (χ1) is 18.0. The number of aliphatic carboxylic acids is 2. The number of thiophene rings is 1. The van der Waals surface area contributed by atoms with Gasteiger partial charge in [-0.15, -0.1) is 28.2 Å². The third-order valence-corrected chi connectivity index (χ3v) is 9.50. The first-order valence-electron chi connectivity index (χ1n) is 10.6. The number of carboxylic acids is 2. The average molecular weight is 606 g/mol. The van der Waals surface area contributed by atoms with Gasteiger partial charge in [-0.2, -0.15) is 13.1 Å². The molecule has 4 heterocycles. The second kappa shape index (κ2) is 11.4. The molecule has 4 atom stereocenters. The van der Waals surface area contributed by atoms with Crippen LogP contribution in [0.1, 0.15) is 17.2 Å². The van der Waals surface area contributed by atoms with Crippen molar-refractivity contribution in [1.29, 1.82) is 0 Å². The molecule has 0 spiro atoms. The van der Waals surface area contributed by atoms with Gasteiger partial charge in [0.2, 0.25) is 11.1 Å². The van der Waals surface area contributed by atoms with E-state index in [0.29, 0.717) is 0 Å². The van der Waals surface area contributed by atoms with Crippen LogP contribution in [0.5, 0.6) is 0 Å². The van der Waals surface area contributed by atoms with Gasteiger partial charge in [0.05, 0.1) is 0 Å². The highest BCUT2D eigenvalue weighted by Gasteiger charge is 2.55. The molecule has 2 aliphatic rings. The Kier molecular flexibility index (Phi) is 8.37. The van der Waals surface area contributed by atoms with Crippen molar-refractivity contribution in [3.63, 3.8) is 0 Å². The number of hydrogen-bond donors (Lipinski definition) is 6. The fourth-order valence-corrected chi connectivity index (χ4v) is 7.64. The van der Waals surface area contributed by atoms with E-state index in [0.717, 1.165) is 39.8 Å². The van der Waals surface area contributed by atoms with Crippen molar-refractivity contribution >= 4 is 68.9 Å². The van der Waals surface area contributed by atoms with Gasteiger partial charge in [-0.3, -0.25) is 23.8 Å². The highest BCUT2D eigenvalue weighted by Crippen LogP contribution is 2.44. The molecule has 0 aliphatic carbocycles. The molecule has 0 saturated carbocycles. The van der Waals surface area contributed by atoms with E-state index in [2.05, 4.69) is 25.9 Å². The van der Waals surface area contributed by atoms with Crippen molar-refractivity contribution in [1.82, 2.24) is 35.6 Å². The first-order valence-corrected chi connectivity index (χ1v) is 14.8. The van der Waals surface area contributed by atoms with Crippen LogP contribution < -0.4 is 10.0 Å². The summed E-state index contributed by atoms with van der Waals surface area (Å²) in [7, 11) is -4.50. The molecule has 16 nitrogen and oxygen atoms in total. The number of nitrogens with zero attached hydrogens (tertiary/aromatic N) is 4. The molecule has 2 aromatic rings. The number of β-lactam (4-membered cyclic amide) rings is 1. The topological polar surface area (TPSA) is 245 Å². The molecule has 0 bridgehead atoms. The monoisotopic (exact) mass is 605 g/mol. The van der Waals surface area contributed by atoms with Gasteiger partial charge in [-0.05, 0) is 33.9 Å². The summed E-state index contributed by atoms with van der Waals surface area (Å²) < 4.78 is 33.1. The van der Waals surface area contributed by atoms with E-state index in [1.54, 1.807) is 11.4 Å². The minimum atomic E-state index is -4.50. The Morgan fingerprint density at radius 3 is 2.66 bits per heavy atom. The van der Waals surface area contributed by atoms with Crippen molar-refractivity contribution in [2.75, 3.05) is 12.3 Å². The summed E-state index contributed by atoms with van der Waals surface area (Å²) in [4.78, 5) is 51.1. The Bertz CT molecular complexity index is 1360. The molecule has 3 unspecified atom stereocenters. The molecule has 0 radical (unpaired) electrons. The standard InChI is InChI=1S/C18H19N7O9S4/c26-13(10(16(28)29)9-2-1-5-35-9)20-11-14(27)25-12(17(30)31)7(6-36-15(11)25)8(3-4-19-38(32,33)34)37-18-21-23-24-22-18/h1-2,5,8,10-11,15,19H,3-4,6H2,(H,20,26)(H,28,29)(H,30,31)(H,32,33,34)(H,21,22,23,24)/t8?,10?,11?,15-/m0/s1. The van der Waals surface area contributed by atoms with E-state index in [1.807, 2.05) is 4.72 Å². The summed E-state index contributed by atoms with van der Waals surface area (Å²) in [6, 6.07) is 1.94. The number of rotatable bonds is 12. The molecule has 6 N–H and O–H groups in total. The minimum absolute atomic E-state index is 0.00575. The molecule has 1 saturated heterocycles. The van der Waals surface area contributed by atoms with E-state index in [4.69, 9.17) is 4.55 Å². The van der Waals surface area contributed by atoms with Crippen molar-refractivity contribution in [3.8, 4) is 0 Å². The number of fused-ring (bicyclic) bond motifs is 1. The van der Waals surface area contributed by atoms with Crippen LogP contribution in [-0.2, 0) is 29.5 Å². The Labute approximate surface area is 226 Å². The van der Waals surface area contributed by atoms with E-state index < -0.39 is 56.6 Å². The lowest BCUT2D eigenvalue weighted by Crippen LogP contribution is -2.71. The van der Waals surface area contributed by atoms with Crippen LogP contribution in [0, 0.1) is 0 Å². The number of carboxylic acid groups (broad SMARTS) is 2. The Hall–Kier alpha value is -3.04. The Morgan fingerprint density at radius 2 is 2.08 bits per heavy atom. The summed E-state index contributed by atoms with van der Waals surface area (Å²) in [6.45, 7) is -0.255. The number of aromatic amines is 1. The molecule has 2 aliphatic heterocycles. The number of tetrazole rings is 1. The predicted molar refractivity (Wildman–Crippen MR) is 132 cm³/mol. The molecule has 1 fully saturated rings. The van der Waals surface area contributed by atoms with E-state index in [-0.39, 0.29) is 40.0 Å². The lowest BCUT2D eigenvalue weighted by atomic mass is 9.99. The fourth-order valence-electron chi connectivity index (χ4n) is 3.90. The minimum Gasteiger partial charge on any atom is -0.480 e. The van der Waals surface area contributed by atoms with E-state index in [9.17, 15) is 37.8 Å². The van der Waals surface area contributed by atoms with Crippen LogP contribution in [0.4, 0.5) is 0 Å². The summed E-state index contributed by atoms with van der Waals surface area (Å²) >= 11 is 3.24. The molecule has 0 aromatic carbocycles. The average Bonchev–Trinajstić information content (AvgIpc) is 3.54. The SMILES string of the molecule is O=C(O)C1=C(C(CCNS(=O)(=O)O)Sc2nnn[nH]2)CS[C@H]2C(NC(=O)C(C(=O)O)c3cccs3)C(=O)N12. The van der Waals surface area contributed by atoms with Gasteiger partial charge >= 0.3 is 22.2 Å². The second-order valence-corrected chi connectivity index (χ2v) is 12.3. The first kappa shape index (κ1) is 28.0. The van der Waals surface area contributed by atoms with E-state index >= 15 is 0 Å². The quantitative estimate of drug-likeness (QED) is 0.0744. The molecule has 204 valence electrons. The highest BCUT2D eigenvalue weighted by atomic mass is 32.2. The van der Waals surface area contributed by atoms with Gasteiger partial charge in [-0.25, -0.2) is 9.89 Å². The smallest absolute Gasteiger partial charge is 0.352 e. The number of carbonyl (C=O) groups is 4. The highest BCUT2D eigenvalue weighted by molar-refractivity contribution is 8.01. The van der Waals surface area contributed by atoms with Gasteiger partial charge in [-0.1, -0.05) is 17.8 Å². The van der Waals surface area contributed by atoms with Gasteiger partial charge in [0.15, 0.2) is 5.92 Å². The molecule has 38 heavy (non-hydrogen) atoms. The maximum atomic E-state index is 13.0. The van der Waals surface area contributed by atoms with Crippen LogP contribution in [0.2, 0.25) is 0 Å². The Morgan fingerprint density at radius 1 is 1.32 bits per heavy atom. The normalized spacial score (nSPS) is 20.9. The van der Waals surface area contributed by atoms with Crippen LogP contribution in [0.15, 0.2) is 33.9 Å². The van der Waals surface area contributed by atoms with Crippen LogP contribution in [0.3, 0.4) is 0 Å². The Balaban J connectivity index is 1.56. The van der Waals surface area contributed by atoms with Gasteiger partial charge in [0, 0.05) is 22.4 Å². The number of hydrogen-bond acceptors (Lipinski definition) is 12. The third-order valence-electron chi connectivity index (χ3n) is 5.49. The molecular formula is C18H19N7O9S4. The van der Waals surface area contributed by atoms with Crippen molar-refractivity contribution in [2.24, 2.45) is 0 Å². The largest absolute Gasteiger partial charge is 0.480 e. The lowest BCUT2D eigenvalue weighted by Gasteiger charge is -2.50. The number of carbonyl (C=O) groups excluding carboxylic acids is 2. The molecule has 20 heteroatoms. The van der Waals surface area contributed by atoms with Gasteiger partial charge in [0.25, 0.3) is 5.91 Å². The number of H-pyrrole nitrogens is 1. The summed E-state index contributed by atoms with van der Waals surface area (Å²) in [5.41, 5.74) is -0.0634. The summed E-state index contributed by atoms with van der Waals surface area (Å²) in [6.07, 6.45) is 0.00575. The van der Waals surface area contributed by atoms with Gasteiger partial charge < -0.3 is 15.5 Å². The fraction of sp³-hybridized carbons (Fsp3) is 0.389. The molecule has 2 aromatic heterocycles. The number of thioether (sulfide) groups is 2. The van der Waals surface area contributed by atoms with Gasteiger partial charge in [0.1, 0.15) is 17.1 Å². The van der Waals surface area contributed by atoms with Crippen molar-refractivity contribution in [3.05, 3.63) is 33.7 Å². The number of nitrogens with one attached hydrogen (secondary N) is 3. The maximum Gasteiger partial charge on any atom is 0.352 e. The van der Waals surface area contributed by atoms with Crippen molar-refractivity contribution in [2.45, 2.75) is 34.2 Å². The molecule has 2 amide bonds. The van der Waals surface area contributed by atoms with Crippen LogP contribution >= 0.6 is 34.9 Å². The zero-order valence-electron chi connectivity index (χ0n) is 18.9. The number of amides is 2. The molecular weight excluding hydrogens is 587 g/mol. The van der Waals surface area contributed by atoms with Crippen LogP contribution in [-0.4, -0.2) is 101 Å². The summed E-state index contributed by atoms with van der Waals surface area (Å²) in [5, 5.41) is 35.4. The maximum absolute atomic E-state index is 13.0. The molecule has 4 rings (SSSR count).